The van der Waals surface area contributed by atoms with E-state index >= 15 is 0 Å². The number of likely N-dealkylation sites (N-methyl/N-ethyl adjacent to an activating group) is 1. The summed E-state index contributed by atoms with van der Waals surface area (Å²) >= 11 is 1.59. The van der Waals surface area contributed by atoms with Crippen LogP contribution in [-0.2, 0) is 0 Å². The van der Waals surface area contributed by atoms with E-state index in [1.807, 2.05) is 23.9 Å². The molecule has 1 aromatic rings. The Labute approximate surface area is 82.6 Å². The van der Waals surface area contributed by atoms with Crippen LogP contribution in [0.4, 0.5) is 0 Å². The summed E-state index contributed by atoms with van der Waals surface area (Å²) in [5, 5.41) is 16.9. The molecule has 1 aromatic heterocycles. The Kier molecular flexibility index (Phi) is 4.38. The molecule has 0 radical (unpaired) electrons. The van der Waals surface area contributed by atoms with E-state index in [1.54, 1.807) is 11.3 Å². The highest BCUT2D eigenvalue weighted by atomic mass is 32.1. The fourth-order valence-corrected chi connectivity index (χ4v) is 2.00. The maximum Gasteiger partial charge on any atom is 0.0951 e. The predicted octanol–water partition coefficient (Wildman–Crippen LogP) is 0.718. The second-order valence-corrected chi connectivity index (χ2v) is 3.75. The van der Waals surface area contributed by atoms with E-state index in [2.05, 4.69) is 5.32 Å². The number of nitrogens with one attached hydrogen (secondary N) is 1. The fourth-order valence-electron chi connectivity index (χ4n) is 1.32. The number of nitrogens with two attached hydrogens (primary N) is 1. The van der Waals surface area contributed by atoms with Gasteiger partial charge in [-0.3, -0.25) is 0 Å². The van der Waals surface area contributed by atoms with Gasteiger partial charge in [0.1, 0.15) is 0 Å². The van der Waals surface area contributed by atoms with Crippen LogP contribution >= 0.6 is 11.3 Å². The van der Waals surface area contributed by atoms with Crippen LogP contribution in [0.5, 0.6) is 0 Å². The summed E-state index contributed by atoms with van der Waals surface area (Å²) < 4.78 is 0. The molecule has 0 amide bonds. The number of aliphatic hydroxyl groups excluding tert-OH is 1. The van der Waals surface area contributed by atoms with Crippen LogP contribution in [0.25, 0.3) is 0 Å². The van der Waals surface area contributed by atoms with Gasteiger partial charge in [0, 0.05) is 6.04 Å². The van der Waals surface area contributed by atoms with Crippen molar-refractivity contribution in [3.63, 3.8) is 0 Å². The Morgan fingerprint density at radius 1 is 1.69 bits per heavy atom. The van der Waals surface area contributed by atoms with Gasteiger partial charge in [-0.05, 0) is 42.4 Å². The van der Waals surface area contributed by atoms with Crippen LogP contribution in [0.2, 0.25) is 0 Å². The van der Waals surface area contributed by atoms with E-state index in [4.69, 9.17) is 5.73 Å². The van der Waals surface area contributed by atoms with Gasteiger partial charge in [0.25, 0.3) is 0 Å². The molecule has 4 N–H and O–H groups in total. The summed E-state index contributed by atoms with van der Waals surface area (Å²) in [6.45, 7) is 0.590. The van der Waals surface area contributed by atoms with Crippen LogP contribution in [-0.4, -0.2) is 24.7 Å². The highest BCUT2D eigenvalue weighted by Gasteiger charge is 2.18. The highest BCUT2D eigenvalue weighted by molar-refractivity contribution is 7.07. The highest BCUT2D eigenvalue weighted by Crippen LogP contribution is 2.20. The molecule has 0 saturated heterocycles. The first-order chi connectivity index (χ1) is 6.29. The van der Waals surface area contributed by atoms with Crippen molar-refractivity contribution in [1.82, 2.24) is 5.32 Å². The standard InChI is InChI=1S/C9H16N2OS/c1-11-8(2-4-10)9(12)7-3-5-13-6-7/h3,5-6,8-9,11-12H,2,4,10H2,1H3. The van der Waals surface area contributed by atoms with Crippen LogP contribution in [0.1, 0.15) is 18.1 Å². The molecule has 1 heterocycles. The molecule has 0 bridgehead atoms. The van der Waals surface area contributed by atoms with E-state index in [0.29, 0.717) is 6.54 Å². The third-order valence-electron chi connectivity index (χ3n) is 2.11. The average molecular weight is 200 g/mol. The Balaban J connectivity index is 2.58. The molecule has 2 unspecified atom stereocenters. The Hall–Kier alpha value is -0.420. The van der Waals surface area contributed by atoms with Crippen LogP contribution in [0.15, 0.2) is 16.8 Å². The van der Waals surface area contributed by atoms with Crippen LogP contribution in [0, 0.1) is 0 Å². The van der Waals surface area contributed by atoms with Gasteiger partial charge in [-0.1, -0.05) is 0 Å². The van der Waals surface area contributed by atoms with E-state index in [-0.39, 0.29) is 6.04 Å². The second kappa shape index (κ2) is 5.34. The van der Waals surface area contributed by atoms with Gasteiger partial charge in [0.2, 0.25) is 0 Å². The Morgan fingerprint density at radius 3 is 2.92 bits per heavy atom. The zero-order valence-corrected chi connectivity index (χ0v) is 8.55. The van der Waals surface area contributed by atoms with Crippen molar-refractivity contribution in [2.45, 2.75) is 18.6 Å². The lowest BCUT2D eigenvalue weighted by atomic mass is 10.0. The first-order valence-electron chi connectivity index (χ1n) is 4.37. The smallest absolute Gasteiger partial charge is 0.0951 e. The molecule has 13 heavy (non-hydrogen) atoms. The molecular weight excluding hydrogens is 184 g/mol. The zero-order chi connectivity index (χ0) is 9.68. The lowest BCUT2D eigenvalue weighted by Gasteiger charge is -2.20. The maximum absolute atomic E-state index is 9.89. The van der Waals surface area contributed by atoms with Gasteiger partial charge >= 0.3 is 0 Å². The van der Waals surface area contributed by atoms with E-state index < -0.39 is 6.10 Å². The summed E-state index contributed by atoms with van der Waals surface area (Å²) in [6.07, 6.45) is 0.341. The molecule has 2 atom stereocenters. The van der Waals surface area contributed by atoms with E-state index in [0.717, 1.165) is 12.0 Å². The molecule has 74 valence electrons. The van der Waals surface area contributed by atoms with Gasteiger partial charge in [0.15, 0.2) is 0 Å². The van der Waals surface area contributed by atoms with Crippen molar-refractivity contribution in [3.05, 3.63) is 22.4 Å². The molecule has 0 aliphatic rings. The quantitative estimate of drug-likeness (QED) is 0.656. The van der Waals surface area contributed by atoms with Gasteiger partial charge < -0.3 is 16.2 Å². The van der Waals surface area contributed by atoms with Gasteiger partial charge in [-0.2, -0.15) is 11.3 Å². The zero-order valence-electron chi connectivity index (χ0n) is 7.73. The van der Waals surface area contributed by atoms with Gasteiger partial charge in [-0.25, -0.2) is 0 Å². The third-order valence-corrected chi connectivity index (χ3v) is 2.82. The summed E-state index contributed by atoms with van der Waals surface area (Å²) in [6, 6.07) is 2.00. The normalized spacial score (nSPS) is 15.6. The van der Waals surface area contributed by atoms with Crippen molar-refractivity contribution < 1.29 is 5.11 Å². The summed E-state index contributed by atoms with van der Waals surface area (Å²) in [7, 11) is 1.84. The molecule has 0 aliphatic heterocycles. The number of aliphatic hydroxyl groups is 1. The Bertz CT molecular complexity index is 226. The SMILES string of the molecule is CNC(CCN)C(O)c1ccsc1. The van der Waals surface area contributed by atoms with E-state index in [9.17, 15) is 5.11 Å². The molecule has 0 spiro atoms. The summed E-state index contributed by atoms with van der Waals surface area (Å²) in [5.41, 5.74) is 6.42. The molecule has 4 heteroatoms. The number of hydrogen-bond donors (Lipinski definition) is 3. The molecule has 3 nitrogen and oxygen atoms in total. The van der Waals surface area contributed by atoms with Crippen molar-refractivity contribution in [1.29, 1.82) is 0 Å². The minimum atomic E-state index is -0.445. The summed E-state index contributed by atoms with van der Waals surface area (Å²) in [5.74, 6) is 0. The summed E-state index contributed by atoms with van der Waals surface area (Å²) in [4.78, 5) is 0. The maximum atomic E-state index is 9.89. The number of hydrogen-bond acceptors (Lipinski definition) is 4. The van der Waals surface area contributed by atoms with Gasteiger partial charge in [-0.15, -0.1) is 0 Å². The first kappa shape index (κ1) is 10.7. The number of thiophene rings is 1. The molecule has 0 saturated carbocycles. The minimum absolute atomic E-state index is 0.0552. The molecule has 1 rings (SSSR count). The number of rotatable bonds is 5. The van der Waals surface area contributed by atoms with Crippen molar-refractivity contribution in [3.8, 4) is 0 Å². The fraction of sp³-hybridized carbons (Fsp3) is 0.556. The topological polar surface area (TPSA) is 58.3 Å². The molecule has 0 aromatic carbocycles. The lowest BCUT2D eigenvalue weighted by molar-refractivity contribution is 0.129. The largest absolute Gasteiger partial charge is 0.387 e. The first-order valence-corrected chi connectivity index (χ1v) is 5.31. The lowest BCUT2D eigenvalue weighted by Crippen LogP contribution is -2.33. The average Bonchev–Trinajstić information content (AvgIpc) is 2.65. The van der Waals surface area contributed by atoms with Crippen molar-refractivity contribution in [2.75, 3.05) is 13.6 Å². The third kappa shape index (κ3) is 2.77. The molecule has 0 aliphatic carbocycles. The van der Waals surface area contributed by atoms with Crippen molar-refractivity contribution >= 4 is 11.3 Å². The van der Waals surface area contributed by atoms with E-state index in [1.165, 1.54) is 0 Å². The Morgan fingerprint density at radius 2 is 2.46 bits per heavy atom. The minimum Gasteiger partial charge on any atom is -0.387 e. The van der Waals surface area contributed by atoms with Crippen LogP contribution < -0.4 is 11.1 Å². The monoisotopic (exact) mass is 200 g/mol. The molecular formula is C9H16N2OS. The molecule has 0 fully saturated rings. The van der Waals surface area contributed by atoms with Crippen LogP contribution in [0.3, 0.4) is 0 Å². The van der Waals surface area contributed by atoms with Crippen molar-refractivity contribution in [2.24, 2.45) is 5.73 Å². The predicted molar refractivity (Wildman–Crippen MR) is 55.8 cm³/mol. The van der Waals surface area contributed by atoms with Gasteiger partial charge in [0.05, 0.1) is 6.10 Å². The second-order valence-electron chi connectivity index (χ2n) is 2.97.